The van der Waals surface area contributed by atoms with Crippen LogP contribution in [0.15, 0.2) is 18.2 Å². The molecule has 3 rings (SSSR count). The minimum Gasteiger partial charge on any atom is -0.384 e. The first kappa shape index (κ1) is 13.0. The molecular weight excluding hydrogens is 232 g/mol. The highest BCUT2D eigenvalue weighted by atomic mass is 15.1. The number of anilines is 1. The summed E-state index contributed by atoms with van der Waals surface area (Å²) in [6, 6.07) is 6.98. The molecule has 1 aromatic rings. The smallest absolute Gasteiger partial charge is 0.0373 e. The summed E-state index contributed by atoms with van der Waals surface area (Å²) in [7, 11) is 0. The standard InChI is InChI=1S/C17H26N2/c1-14-7-11-19(12-8-14)10-2-3-15-4-5-17-16(13-15)6-9-18-17/h4-5,13-14,18H,2-3,6-12H2,1H3. The number of piperidine rings is 1. The number of hydrogen-bond donors (Lipinski definition) is 1. The zero-order valence-electron chi connectivity index (χ0n) is 12.1. The third kappa shape index (κ3) is 3.30. The van der Waals surface area contributed by atoms with Crippen LogP contribution in [0.3, 0.4) is 0 Å². The topological polar surface area (TPSA) is 15.3 Å². The van der Waals surface area contributed by atoms with Gasteiger partial charge in [0, 0.05) is 12.2 Å². The van der Waals surface area contributed by atoms with Crippen molar-refractivity contribution < 1.29 is 0 Å². The van der Waals surface area contributed by atoms with Crippen LogP contribution in [0.5, 0.6) is 0 Å². The third-order valence-electron chi connectivity index (χ3n) is 4.70. The van der Waals surface area contributed by atoms with Gasteiger partial charge in [-0.25, -0.2) is 0 Å². The number of likely N-dealkylation sites (tertiary alicyclic amines) is 1. The van der Waals surface area contributed by atoms with Crippen molar-refractivity contribution in [3.05, 3.63) is 29.3 Å². The Morgan fingerprint density at radius 3 is 2.95 bits per heavy atom. The molecule has 0 aromatic heterocycles. The van der Waals surface area contributed by atoms with Crippen molar-refractivity contribution in [2.24, 2.45) is 5.92 Å². The molecule has 104 valence electrons. The second kappa shape index (κ2) is 5.96. The zero-order chi connectivity index (χ0) is 13.1. The van der Waals surface area contributed by atoms with Gasteiger partial charge in [-0.2, -0.15) is 0 Å². The van der Waals surface area contributed by atoms with Gasteiger partial charge in [0.25, 0.3) is 0 Å². The van der Waals surface area contributed by atoms with Gasteiger partial charge >= 0.3 is 0 Å². The van der Waals surface area contributed by atoms with Gasteiger partial charge in [0.2, 0.25) is 0 Å². The maximum Gasteiger partial charge on any atom is 0.0373 e. The van der Waals surface area contributed by atoms with Crippen molar-refractivity contribution in [1.82, 2.24) is 4.90 Å². The number of hydrogen-bond acceptors (Lipinski definition) is 2. The SMILES string of the molecule is CC1CCN(CCCc2ccc3c(c2)CCN3)CC1. The predicted octanol–water partition coefficient (Wildman–Crippen LogP) is 3.32. The van der Waals surface area contributed by atoms with Gasteiger partial charge in [0.1, 0.15) is 0 Å². The number of benzene rings is 1. The number of nitrogens with zero attached hydrogens (tertiary/aromatic N) is 1. The highest BCUT2D eigenvalue weighted by Gasteiger charge is 2.15. The molecule has 1 fully saturated rings. The molecule has 2 heterocycles. The second-order valence-corrected chi connectivity index (χ2v) is 6.30. The van der Waals surface area contributed by atoms with Crippen LogP contribution in [0, 0.1) is 5.92 Å². The quantitative estimate of drug-likeness (QED) is 0.891. The first-order valence-electron chi connectivity index (χ1n) is 7.89. The molecule has 0 amide bonds. The van der Waals surface area contributed by atoms with Crippen LogP contribution < -0.4 is 5.32 Å². The van der Waals surface area contributed by atoms with Crippen molar-refractivity contribution in [2.75, 3.05) is 31.5 Å². The Morgan fingerprint density at radius 1 is 1.26 bits per heavy atom. The second-order valence-electron chi connectivity index (χ2n) is 6.30. The van der Waals surface area contributed by atoms with Gasteiger partial charge in [-0.05, 0) is 74.8 Å². The fourth-order valence-electron chi connectivity index (χ4n) is 3.31. The van der Waals surface area contributed by atoms with E-state index in [9.17, 15) is 0 Å². The lowest BCUT2D eigenvalue weighted by molar-refractivity contribution is 0.191. The molecular formula is C17H26N2. The average Bonchev–Trinajstić information content (AvgIpc) is 2.88. The first-order valence-corrected chi connectivity index (χ1v) is 7.89. The molecule has 0 bridgehead atoms. The molecule has 19 heavy (non-hydrogen) atoms. The summed E-state index contributed by atoms with van der Waals surface area (Å²) in [6.45, 7) is 7.41. The van der Waals surface area contributed by atoms with E-state index in [1.165, 1.54) is 68.6 Å². The fraction of sp³-hybridized carbons (Fsp3) is 0.647. The van der Waals surface area contributed by atoms with Crippen LogP contribution in [0.25, 0.3) is 0 Å². The largest absolute Gasteiger partial charge is 0.384 e. The number of fused-ring (bicyclic) bond motifs is 1. The van der Waals surface area contributed by atoms with E-state index < -0.39 is 0 Å². The lowest BCUT2D eigenvalue weighted by Gasteiger charge is -2.30. The monoisotopic (exact) mass is 258 g/mol. The molecule has 1 N–H and O–H groups in total. The van der Waals surface area contributed by atoms with E-state index in [0.717, 1.165) is 12.5 Å². The van der Waals surface area contributed by atoms with Crippen molar-refractivity contribution >= 4 is 5.69 Å². The summed E-state index contributed by atoms with van der Waals surface area (Å²) < 4.78 is 0. The molecule has 0 saturated carbocycles. The number of aryl methyl sites for hydroxylation is 1. The van der Waals surface area contributed by atoms with E-state index >= 15 is 0 Å². The molecule has 0 aliphatic carbocycles. The maximum absolute atomic E-state index is 3.43. The Hall–Kier alpha value is -1.02. The molecule has 0 spiro atoms. The predicted molar refractivity (Wildman–Crippen MR) is 81.8 cm³/mol. The van der Waals surface area contributed by atoms with Gasteiger partial charge < -0.3 is 10.2 Å². The number of nitrogens with one attached hydrogen (secondary N) is 1. The van der Waals surface area contributed by atoms with Crippen LogP contribution in [0.4, 0.5) is 5.69 Å². The van der Waals surface area contributed by atoms with Gasteiger partial charge in [-0.3, -0.25) is 0 Å². The summed E-state index contributed by atoms with van der Waals surface area (Å²) >= 11 is 0. The van der Waals surface area contributed by atoms with Crippen LogP contribution in [-0.2, 0) is 12.8 Å². The van der Waals surface area contributed by atoms with Gasteiger partial charge in [0.15, 0.2) is 0 Å². The highest BCUT2D eigenvalue weighted by molar-refractivity contribution is 5.56. The van der Waals surface area contributed by atoms with Crippen LogP contribution in [0.1, 0.15) is 37.3 Å². The Bertz CT molecular complexity index is 419. The van der Waals surface area contributed by atoms with E-state index in [4.69, 9.17) is 0 Å². The Balaban J connectivity index is 1.45. The molecule has 2 aliphatic rings. The van der Waals surface area contributed by atoms with Crippen molar-refractivity contribution in [2.45, 2.75) is 39.0 Å². The van der Waals surface area contributed by atoms with Crippen molar-refractivity contribution in [3.63, 3.8) is 0 Å². The first-order chi connectivity index (χ1) is 9.31. The molecule has 2 aliphatic heterocycles. The third-order valence-corrected chi connectivity index (χ3v) is 4.70. The molecule has 0 unspecified atom stereocenters. The Labute approximate surface area is 117 Å². The van der Waals surface area contributed by atoms with Gasteiger partial charge in [-0.15, -0.1) is 0 Å². The zero-order valence-corrected chi connectivity index (χ0v) is 12.1. The maximum atomic E-state index is 3.43. The van der Waals surface area contributed by atoms with E-state index in [1.807, 2.05) is 0 Å². The molecule has 0 atom stereocenters. The van der Waals surface area contributed by atoms with Crippen LogP contribution >= 0.6 is 0 Å². The Kier molecular flexibility index (Phi) is 4.07. The van der Waals surface area contributed by atoms with E-state index in [1.54, 1.807) is 0 Å². The fourth-order valence-corrected chi connectivity index (χ4v) is 3.31. The average molecular weight is 258 g/mol. The Morgan fingerprint density at radius 2 is 2.11 bits per heavy atom. The summed E-state index contributed by atoms with van der Waals surface area (Å²) in [6.07, 6.45) is 6.53. The summed E-state index contributed by atoms with van der Waals surface area (Å²) in [5, 5.41) is 3.43. The van der Waals surface area contributed by atoms with E-state index in [2.05, 4.69) is 35.3 Å². The molecule has 2 nitrogen and oxygen atoms in total. The lowest BCUT2D eigenvalue weighted by Crippen LogP contribution is -2.33. The van der Waals surface area contributed by atoms with Gasteiger partial charge in [-0.1, -0.05) is 19.1 Å². The van der Waals surface area contributed by atoms with Crippen molar-refractivity contribution in [3.8, 4) is 0 Å². The summed E-state index contributed by atoms with van der Waals surface area (Å²) in [5.74, 6) is 0.945. The minimum atomic E-state index is 0.945. The molecule has 1 saturated heterocycles. The van der Waals surface area contributed by atoms with Crippen LogP contribution in [-0.4, -0.2) is 31.1 Å². The van der Waals surface area contributed by atoms with E-state index in [-0.39, 0.29) is 0 Å². The number of rotatable bonds is 4. The lowest BCUT2D eigenvalue weighted by atomic mass is 9.99. The summed E-state index contributed by atoms with van der Waals surface area (Å²) in [4.78, 5) is 2.65. The van der Waals surface area contributed by atoms with Gasteiger partial charge in [0.05, 0.1) is 0 Å². The minimum absolute atomic E-state index is 0.945. The molecule has 1 aromatic carbocycles. The summed E-state index contributed by atoms with van der Waals surface area (Å²) in [5.41, 5.74) is 4.39. The molecule has 0 radical (unpaired) electrons. The van der Waals surface area contributed by atoms with Crippen molar-refractivity contribution in [1.29, 1.82) is 0 Å². The normalized spacial score (nSPS) is 20.3. The highest BCUT2D eigenvalue weighted by Crippen LogP contribution is 2.23. The van der Waals surface area contributed by atoms with Crippen LogP contribution in [0.2, 0.25) is 0 Å². The molecule has 2 heteroatoms. The van der Waals surface area contributed by atoms with E-state index in [0.29, 0.717) is 0 Å².